The maximum atomic E-state index is 13.0. The van der Waals surface area contributed by atoms with Gasteiger partial charge in [-0.05, 0) is 18.2 Å². The molecule has 0 unspecified atom stereocenters. The first-order valence-corrected chi connectivity index (χ1v) is 4.93. The summed E-state index contributed by atoms with van der Waals surface area (Å²) in [7, 11) is 0. The van der Waals surface area contributed by atoms with Crippen molar-refractivity contribution in [2.24, 2.45) is 5.73 Å². The monoisotopic (exact) mass is 236 g/mol. The third-order valence-electron chi connectivity index (χ3n) is 2.08. The van der Waals surface area contributed by atoms with Crippen LogP contribution < -0.4 is 11.1 Å². The molecule has 0 atom stereocenters. The van der Waals surface area contributed by atoms with Gasteiger partial charge in [0.25, 0.3) is 0 Å². The van der Waals surface area contributed by atoms with Crippen molar-refractivity contribution in [2.45, 2.75) is 6.54 Å². The highest BCUT2D eigenvalue weighted by molar-refractivity contribution is 5.55. The van der Waals surface area contributed by atoms with E-state index in [1.165, 1.54) is 12.3 Å². The van der Waals surface area contributed by atoms with Crippen LogP contribution in [0.2, 0.25) is 0 Å². The lowest BCUT2D eigenvalue weighted by Gasteiger charge is -2.06. The highest BCUT2D eigenvalue weighted by atomic mass is 19.2. The summed E-state index contributed by atoms with van der Waals surface area (Å²) in [6.45, 7) is 0.216. The molecule has 88 valence electrons. The van der Waals surface area contributed by atoms with E-state index in [0.29, 0.717) is 17.3 Å². The van der Waals surface area contributed by atoms with Crippen LogP contribution in [-0.4, -0.2) is 9.97 Å². The van der Waals surface area contributed by atoms with Gasteiger partial charge in [0.1, 0.15) is 11.6 Å². The van der Waals surface area contributed by atoms with Crippen LogP contribution in [0.15, 0.2) is 30.5 Å². The van der Waals surface area contributed by atoms with Crippen molar-refractivity contribution in [3.8, 4) is 0 Å². The predicted octanol–water partition coefficient (Wildman–Crippen LogP) is 1.96. The maximum Gasteiger partial charge on any atom is 0.160 e. The molecule has 17 heavy (non-hydrogen) atoms. The topological polar surface area (TPSA) is 63.8 Å². The highest BCUT2D eigenvalue weighted by Gasteiger charge is 2.03. The van der Waals surface area contributed by atoms with E-state index in [1.54, 1.807) is 6.07 Å². The molecule has 3 N–H and O–H groups in total. The molecule has 0 aliphatic carbocycles. The number of nitrogens with zero attached hydrogens (tertiary/aromatic N) is 2. The number of nitrogens with one attached hydrogen (secondary N) is 1. The molecular formula is C11H10F2N4. The number of aromatic nitrogens is 2. The van der Waals surface area contributed by atoms with Crippen LogP contribution in [0.4, 0.5) is 20.3 Å². The molecule has 0 spiro atoms. The molecule has 1 heterocycles. The molecule has 0 radical (unpaired) electrons. The van der Waals surface area contributed by atoms with E-state index in [9.17, 15) is 8.78 Å². The van der Waals surface area contributed by atoms with Crippen LogP contribution >= 0.6 is 0 Å². The van der Waals surface area contributed by atoms with Crippen molar-refractivity contribution in [1.29, 1.82) is 0 Å². The molecule has 0 fully saturated rings. The van der Waals surface area contributed by atoms with Crippen molar-refractivity contribution in [3.05, 3.63) is 47.9 Å². The van der Waals surface area contributed by atoms with E-state index in [0.717, 1.165) is 12.1 Å². The Labute approximate surface area is 96.5 Å². The largest absolute Gasteiger partial charge is 0.340 e. The van der Waals surface area contributed by atoms with Gasteiger partial charge in [-0.2, -0.15) is 0 Å². The lowest BCUT2D eigenvalue weighted by Crippen LogP contribution is -2.04. The Morgan fingerprint density at radius 1 is 1.18 bits per heavy atom. The molecule has 1 aromatic heterocycles. The van der Waals surface area contributed by atoms with E-state index in [1.807, 2.05) is 0 Å². The second-order valence-corrected chi connectivity index (χ2v) is 3.32. The van der Waals surface area contributed by atoms with Gasteiger partial charge in [-0.15, -0.1) is 0 Å². The van der Waals surface area contributed by atoms with E-state index in [-0.39, 0.29) is 6.54 Å². The van der Waals surface area contributed by atoms with Gasteiger partial charge in [0.15, 0.2) is 11.6 Å². The maximum absolute atomic E-state index is 13.0. The molecule has 0 saturated carbocycles. The fourth-order valence-electron chi connectivity index (χ4n) is 1.29. The van der Waals surface area contributed by atoms with Gasteiger partial charge in [-0.3, -0.25) is 0 Å². The van der Waals surface area contributed by atoms with Gasteiger partial charge in [0, 0.05) is 18.0 Å². The summed E-state index contributed by atoms with van der Waals surface area (Å²) in [4.78, 5) is 8.00. The molecule has 2 rings (SSSR count). The average molecular weight is 236 g/mol. The molecule has 2 aromatic rings. The molecule has 0 aliphatic heterocycles. The molecule has 0 saturated heterocycles. The standard InChI is InChI=1S/C11H10F2N4/c12-8-2-1-7(5-9(8)13)16-10-3-4-15-11(6-14)17-10/h1-5H,6,14H2,(H,15,16,17). The first-order chi connectivity index (χ1) is 8.19. The van der Waals surface area contributed by atoms with Crippen LogP contribution in [0.3, 0.4) is 0 Å². The van der Waals surface area contributed by atoms with Gasteiger partial charge in [-0.25, -0.2) is 18.7 Å². The second-order valence-electron chi connectivity index (χ2n) is 3.32. The summed E-state index contributed by atoms with van der Waals surface area (Å²) in [5.74, 6) is -0.854. The summed E-state index contributed by atoms with van der Waals surface area (Å²) >= 11 is 0. The molecule has 4 nitrogen and oxygen atoms in total. The van der Waals surface area contributed by atoms with Gasteiger partial charge in [-0.1, -0.05) is 0 Å². The Balaban J connectivity index is 2.22. The lowest BCUT2D eigenvalue weighted by molar-refractivity contribution is 0.509. The summed E-state index contributed by atoms with van der Waals surface area (Å²) in [6, 6.07) is 5.13. The minimum absolute atomic E-state index is 0.216. The summed E-state index contributed by atoms with van der Waals surface area (Å²) in [6.07, 6.45) is 1.54. The number of hydrogen-bond donors (Lipinski definition) is 2. The van der Waals surface area contributed by atoms with Crippen molar-refractivity contribution in [1.82, 2.24) is 9.97 Å². The van der Waals surface area contributed by atoms with Crippen molar-refractivity contribution >= 4 is 11.5 Å². The SMILES string of the molecule is NCc1nccc(Nc2ccc(F)c(F)c2)n1. The predicted molar refractivity (Wildman–Crippen MR) is 59.6 cm³/mol. The third-order valence-corrected chi connectivity index (χ3v) is 2.08. The van der Waals surface area contributed by atoms with Crippen LogP contribution in [-0.2, 0) is 6.54 Å². The minimum atomic E-state index is -0.914. The third kappa shape index (κ3) is 2.73. The van der Waals surface area contributed by atoms with E-state index in [2.05, 4.69) is 15.3 Å². The number of halogens is 2. The van der Waals surface area contributed by atoms with E-state index >= 15 is 0 Å². The minimum Gasteiger partial charge on any atom is -0.340 e. The lowest BCUT2D eigenvalue weighted by atomic mass is 10.3. The number of benzene rings is 1. The summed E-state index contributed by atoms with van der Waals surface area (Å²) < 4.78 is 25.7. The molecule has 0 amide bonds. The van der Waals surface area contributed by atoms with Crippen LogP contribution in [0.25, 0.3) is 0 Å². The molecule has 0 aliphatic rings. The Morgan fingerprint density at radius 2 is 2.00 bits per heavy atom. The molecule has 6 heteroatoms. The Hall–Kier alpha value is -2.08. The average Bonchev–Trinajstić information content (AvgIpc) is 2.34. The molecule has 1 aromatic carbocycles. The van der Waals surface area contributed by atoms with E-state index < -0.39 is 11.6 Å². The number of anilines is 2. The highest BCUT2D eigenvalue weighted by Crippen LogP contribution is 2.17. The van der Waals surface area contributed by atoms with Gasteiger partial charge in [0.2, 0.25) is 0 Å². The number of nitrogens with two attached hydrogens (primary N) is 1. The quantitative estimate of drug-likeness (QED) is 0.855. The number of hydrogen-bond acceptors (Lipinski definition) is 4. The normalized spacial score (nSPS) is 10.3. The second kappa shape index (κ2) is 4.84. The molecule has 0 bridgehead atoms. The van der Waals surface area contributed by atoms with Gasteiger partial charge < -0.3 is 11.1 Å². The first kappa shape index (κ1) is 11.4. The van der Waals surface area contributed by atoms with Gasteiger partial charge >= 0.3 is 0 Å². The summed E-state index contributed by atoms with van der Waals surface area (Å²) in [5, 5.41) is 2.83. The van der Waals surface area contributed by atoms with Crippen LogP contribution in [0.5, 0.6) is 0 Å². The fraction of sp³-hybridized carbons (Fsp3) is 0.0909. The Bertz CT molecular complexity index is 531. The Kier molecular flexibility index (Phi) is 3.24. The zero-order chi connectivity index (χ0) is 12.3. The van der Waals surface area contributed by atoms with Crippen molar-refractivity contribution < 1.29 is 8.78 Å². The van der Waals surface area contributed by atoms with Gasteiger partial charge in [0.05, 0.1) is 6.54 Å². The zero-order valence-corrected chi connectivity index (χ0v) is 8.82. The smallest absolute Gasteiger partial charge is 0.160 e. The van der Waals surface area contributed by atoms with Crippen LogP contribution in [0, 0.1) is 11.6 Å². The van der Waals surface area contributed by atoms with Crippen molar-refractivity contribution in [3.63, 3.8) is 0 Å². The fourth-order valence-corrected chi connectivity index (χ4v) is 1.29. The summed E-state index contributed by atoms with van der Waals surface area (Å²) in [5.41, 5.74) is 5.80. The van der Waals surface area contributed by atoms with Crippen molar-refractivity contribution in [2.75, 3.05) is 5.32 Å². The van der Waals surface area contributed by atoms with Crippen LogP contribution in [0.1, 0.15) is 5.82 Å². The molecular weight excluding hydrogens is 226 g/mol. The zero-order valence-electron chi connectivity index (χ0n) is 8.82. The first-order valence-electron chi connectivity index (χ1n) is 4.93. The van der Waals surface area contributed by atoms with E-state index in [4.69, 9.17) is 5.73 Å². The number of rotatable bonds is 3. The Morgan fingerprint density at radius 3 is 2.71 bits per heavy atom.